The molecule has 1 aromatic carbocycles. The number of nitrogens with zero attached hydrogens (tertiary/aromatic N) is 1. The fourth-order valence-electron chi connectivity index (χ4n) is 1.57. The highest BCUT2D eigenvalue weighted by Gasteiger charge is 2.07. The Balaban J connectivity index is 2.18. The van der Waals surface area contributed by atoms with E-state index in [1.54, 1.807) is 11.3 Å². The molecule has 0 unspecified atom stereocenters. The predicted octanol–water partition coefficient (Wildman–Crippen LogP) is 3.90. The molecule has 1 aromatic heterocycles. The second-order valence-electron chi connectivity index (χ2n) is 4.00. The van der Waals surface area contributed by atoms with E-state index >= 15 is 0 Å². The first-order valence-corrected chi connectivity index (χ1v) is 7.16. The maximum Gasteiger partial charge on any atom is 0.303 e. The first-order valence-electron chi connectivity index (χ1n) is 5.49. The lowest BCUT2D eigenvalue weighted by molar-refractivity contribution is -0.136. The minimum Gasteiger partial charge on any atom is -0.481 e. The van der Waals surface area contributed by atoms with Gasteiger partial charge in [-0.25, -0.2) is 4.98 Å². The van der Waals surface area contributed by atoms with Gasteiger partial charge in [0.1, 0.15) is 5.01 Å². The molecule has 0 bridgehead atoms. The zero-order valence-corrected chi connectivity index (χ0v) is 12.2. The molecule has 0 atom stereocenters. The number of carboxylic acid groups (broad SMARTS) is 1. The number of halogens is 1. The summed E-state index contributed by atoms with van der Waals surface area (Å²) in [5.41, 5.74) is 3.08. The highest BCUT2D eigenvalue weighted by molar-refractivity contribution is 9.10. The third-order valence-corrected chi connectivity index (χ3v) is 4.38. The third-order valence-electron chi connectivity index (χ3n) is 2.55. The Hall–Kier alpha value is -1.20. The SMILES string of the molecule is Cc1cc(-c2nc(CCC(=O)O)cs2)ccc1Br. The number of thiazole rings is 1. The number of rotatable bonds is 4. The van der Waals surface area contributed by atoms with Gasteiger partial charge in [0, 0.05) is 21.8 Å². The van der Waals surface area contributed by atoms with Gasteiger partial charge in [0.2, 0.25) is 0 Å². The molecule has 94 valence electrons. The van der Waals surface area contributed by atoms with Gasteiger partial charge in [-0.05, 0) is 24.6 Å². The lowest BCUT2D eigenvalue weighted by Crippen LogP contribution is -1.97. The van der Waals surface area contributed by atoms with Gasteiger partial charge >= 0.3 is 5.97 Å². The van der Waals surface area contributed by atoms with Crippen LogP contribution in [0, 0.1) is 6.92 Å². The maximum atomic E-state index is 10.5. The van der Waals surface area contributed by atoms with Crippen molar-refractivity contribution in [1.82, 2.24) is 4.98 Å². The summed E-state index contributed by atoms with van der Waals surface area (Å²) in [4.78, 5) is 15.0. The summed E-state index contributed by atoms with van der Waals surface area (Å²) in [7, 11) is 0. The number of carbonyl (C=O) groups is 1. The Morgan fingerprint density at radius 2 is 2.28 bits per heavy atom. The second-order valence-corrected chi connectivity index (χ2v) is 5.71. The van der Waals surface area contributed by atoms with E-state index in [0.29, 0.717) is 6.42 Å². The van der Waals surface area contributed by atoms with Gasteiger partial charge in [-0.3, -0.25) is 4.79 Å². The van der Waals surface area contributed by atoms with Crippen LogP contribution in [-0.4, -0.2) is 16.1 Å². The van der Waals surface area contributed by atoms with Gasteiger partial charge in [-0.2, -0.15) is 0 Å². The number of benzene rings is 1. The second kappa shape index (κ2) is 5.63. The van der Waals surface area contributed by atoms with Crippen LogP contribution in [0.4, 0.5) is 0 Å². The molecule has 0 aliphatic heterocycles. The molecular formula is C13H12BrNO2S. The maximum absolute atomic E-state index is 10.5. The largest absolute Gasteiger partial charge is 0.481 e. The van der Waals surface area contributed by atoms with E-state index in [1.165, 1.54) is 0 Å². The molecule has 1 heterocycles. The molecule has 0 saturated carbocycles. The quantitative estimate of drug-likeness (QED) is 0.927. The van der Waals surface area contributed by atoms with E-state index in [0.717, 1.165) is 26.3 Å². The summed E-state index contributed by atoms with van der Waals surface area (Å²) in [6.45, 7) is 2.03. The van der Waals surface area contributed by atoms with Crippen LogP contribution in [0.1, 0.15) is 17.7 Å². The molecule has 2 rings (SSSR count). The predicted molar refractivity (Wildman–Crippen MR) is 75.9 cm³/mol. The average molecular weight is 326 g/mol. The minimum atomic E-state index is -0.788. The lowest BCUT2D eigenvalue weighted by atomic mass is 10.1. The Labute approximate surface area is 118 Å². The number of hydrogen-bond acceptors (Lipinski definition) is 3. The zero-order valence-electron chi connectivity index (χ0n) is 9.81. The molecule has 0 aliphatic rings. The number of aromatic nitrogens is 1. The fourth-order valence-corrected chi connectivity index (χ4v) is 2.66. The van der Waals surface area contributed by atoms with Crippen molar-refractivity contribution in [3.8, 4) is 10.6 Å². The molecular weight excluding hydrogens is 314 g/mol. The molecule has 2 aromatic rings. The van der Waals surface area contributed by atoms with E-state index in [9.17, 15) is 4.79 Å². The van der Waals surface area contributed by atoms with Crippen molar-refractivity contribution in [2.24, 2.45) is 0 Å². The summed E-state index contributed by atoms with van der Waals surface area (Å²) in [6.07, 6.45) is 0.615. The van der Waals surface area contributed by atoms with Crippen molar-refractivity contribution in [2.45, 2.75) is 19.8 Å². The smallest absolute Gasteiger partial charge is 0.303 e. The summed E-state index contributed by atoms with van der Waals surface area (Å²) >= 11 is 5.02. The fraction of sp³-hybridized carbons (Fsp3) is 0.231. The molecule has 0 radical (unpaired) electrons. The van der Waals surface area contributed by atoms with E-state index < -0.39 is 5.97 Å². The van der Waals surface area contributed by atoms with Crippen molar-refractivity contribution in [3.63, 3.8) is 0 Å². The molecule has 0 spiro atoms. The molecule has 5 heteroatoms. The molecule has 3 nitrogen and oxygen atoms in total. The van der Waals surface area contributed by atoms with Gasteiger partial charge in [0.15, 0.2) is 0 Å². The monoisotopic (exact) mass is 325 g/mol. The highest BCUT2D eigenvalue weighted by atomic mass is 79.9. The van der Waals surface area contributed by atoms with E-state index in [1.807, 2.05) is 24.4 Å². The minimum absolute atomic E-state index is 0.128. The van der Waals surface area contributed by atoms with Crippen molar-refractivity contribution in [2.75, 3.05) is 0 Å². The molecule has 0 aliphatic carbocycles. The molecule has 0 amide bonds. The van der Waals surface area contributed by atoms with Crippen LogP contribution in [0.25, 0.3) is 10.6 Å². The Morgan fingerprint density at radius 1 is 1.50 bits per heavy atom. The number of hydrogen-bond donors (Lipinski definition) is 1. The Morgan fingerprint density at radius 3 is 2.94 bits per heavy atom. The molecule has 0 saturated heterocycles. The van der Waals surface area contributed by atoms with Gasteiger partial charge in [-0.15, -0.1) is 11.3 Å². The van der Waals surface area contributed by atoms with E-state index in [2.05, 4.69) is 27.0 Å². The Bertz CT molecular complexity index is 580. The summed E-state index contributed by atoms with van der Waals surface area (Å²) < 4.78 is 1.08. The van der Waals surface area contributed by atoms with Gasteiger partial charge in [0.05, 0.1) is 12.1 Å². The Kier molecular flexibility index (Phi) is 4.14. The first kappa shape index (κ1) is 13.2. The van der Waals surface area contributed by atoms with Crippen LogP contribution in [0.3, 0.4) is 0 Å². The molecule has 18 heavy (non-hydrogen) atoms. The van der Waals surface area contributed by atoms with Crippen LogP contribution in [-0.2, 0) is 11.2 Å². The van der Waals surface area contributed by atoms with Gasteiger partial charge in [0.25, 0.3) is 0 Å². The summed E-state index contributed by atoms with van der Waals surface area (Å²) in [5.74, 6) is -0.788. The van der Waals surface area contributed by atoms with Crippen molar-refractivity contribution < 1.29 is 9.90 Å². The average Bonchev–Trinajstić information content (AvgIpc) is 2.79. The van der Waals surface area contributed by atoms with Crippen LogP contribution < -0.4 is 0 Å². The van der Waals surface area contributed by atoms with E-state index in [4.69, 9.17) is 5.11 Å². The zero-order chi connectivity index (χ0) is 13.1. The topological polar surface area (TPSA) is 50.2 Å². The van der Waals surface area contributed by atoms with Crippen molar-refractivity contribution >= 4 is 33.2 Å². The molecule has 0 fully saturated rings. The van der Waals surface area contributed by atoms with Gasteiger partial charge < -0.3 is 5.11 Å². The van der Waals surface area contributed by atoms with Crippen LogP contribution in [0.2, 0.25) is 0 Å². The highest BCUT2D eigenvalue weighted by Crippen LogP contribution is 2.27. The van der Waals surface area contributed by atoms with Crippen molar-refractivity contribution in [3.05, 3.63) is 39.3 Å². The standard InChI is InChI=1S/C13H12BrNO2S/c1-8-6-9(2-4-11(8)14)13-15-10(7-18-13)3-5-12(16)17/h2,4,6-7H,3,5H2,1H3,(H,16,17). The third kappa shape index (κ3) is 3.17. The normalized spacial score (nSPS) is 10.6. The van der Waals surface area contributed by atoms with Crippen LogP contribution in [0.5, 0.6) is 0 Å². The number of aliphatic carboxylic acids is 1. The number of carboxylic acids is 1. The van der Waals surface area contributed by atoms with Crippen molar-refractivity contribution in [1.29, 1.82) is 0 Å². The first-order chi connectivity index (χ1) is 8.56. The summed E-state index contributed by atoms with van der Waals surface area (Å²) in [6, 6.07) is 6.09. The van der Waals surface area contributed by atoms with Crippen LogP contribution >= 0.6 is 27.3 Å². The van der Waals surface area contributed by atoms with Gasteiger partial charge in [-0.1, -0.05) is 22.0 Å². The van der Waals surface area contributed by atoms with E-state index in [-0.39, 0.29) is 6.42 Å². The molecule has 1 N–H and O–H groups in total. The number of aryl methyl sites for hydroxylation is 2. The van der Waals surface area contributed by atoms with Crippen LogP contribution in [0.15, 0.2) is 28.1 Å². The summed E-state index contributed by atoms with van der Waals surface area (Å²) in [5, 5.41) is 11.5. The lowest BCUT2D eigenvalue weighted by Gasteiger charge is -2.00.